The van der Waals surface area contributed by atoms with Crippen LogP contribution in [-0.4, -0.2) is 70.0 Å². The fourth-order valence-electron chi connectivity index (χ4n) is 8.42. The summed E-state index contributed by atoms with van der Waals surface area (Å²) in [6.45, 7) is 4.12. The zero-order chi connectivity index (χ0) is 54.9. The molecule has 0 aromatic carbocycles. The van der Waals surface area contributed by atoms with Crippen LogP contribution in [0, 0.1) is 0 Å². The van der Waals surface area contributed by atoms with Crippen LogP contribution in [0.1, 0.15) is 264 Å². The van der Waals surface area contributed by atoms with Crippen molar-refractivity contribution < 1.29 is 42.1 Å². The first-order valence-corrected chi connectivity index (χ1v) is 32.3. The van der Waals surface area contributed by atoms with E-state index < -0.39 is 32.5 Å². The van der Waals surface area contributed by atoms with Crippen LogP contribution in [0.25, 0.3) is 0 Å². The van der Waals surface area contributed by atoms with Gasteiger partial charge < -0.3 is 27.9 Å². The molecule has 0 aliphatic rings. The van der Waals surface area contributed by atoms with Gasteiger partial charge in [0.2, 0.25) is 0 Å². The van der Waals surface area contributed by atoms with Gasteiger partial charge in [-0.3, -0.25) is 14.2 Å². The zero-order valence-corrected chi connectivity index (χ0v) is 50.1. The smallest absolute Gasteiger partial charge is 0.306 e. The number of likely N-dealkylation sites (N-methyl/N-ethyl adjacent to an activating group) is 1. The quantitative estimate of drug-likeness (QED) is 0.0195. The van der Waals surface area contributed by atoms with Crippen LogP contribution >= 0.6 is 7.82 Å². The maximum Gasteiger partial charge on any atom is 0.306 e. The molecule has 0 aromatic heterocycles. The predicted molar refractivity (Wildman–Crippen MR) is 319 cm³/mol. The number of ether oxygens (including phenoxy) is 2. The van der Waals surface area contributed by atoms with Crippen LogP contribution < -0.4 is 4.89 Å². The molecule has 2 atom stereocenters. The molecule has 0 aliphatic carbocycles. The van der Waals surface area contributed by atoms with E-state index in [-0.39, 0.29) is 26.1 Å². The van der Waals surface area contributed by atoms with E-state index in [2.05, 4.69) is 98.9 Å². The highest BCUT2D eigenvalue weighted by molar-refractivity contribution is 7.45. The van der Waals surface area contributed by atoms with Gasteiger partial charge in [-0.25, -0.2) is 0 Å². The molecule has 0 aliphatic heterocycles. The van der Waals surface area contributed by atoms with Crippen molar-refractivity contribution in [3.8, 4) is 0 Å². The molecule has 0 rings (SSSR count). The Hall–Kier alpha value is -2.81. The summed E-state index contributed by atoms with van der Waals surface area (Å²) in [6.07, 6.45) is 75.1. The minimum atomic E-state index is -4.64. The normalized spacial score (nSPS) is 13.8. The summed E-state index contributed by atoms with van der Waals surface area (Å²) >= 11 is 0. The average Bonchev–Trinajstić information content (AvgIpc) is 3.37. The molecule has 0 bridgehead atoms. The number of hydrogen-bond acceptors (Lipinski definition) is 8. The van der Waals surface area contributed by atoms with Gasteiger partial charge in [-0.1, -0.05) is 247 Å². The number of phosphoric acid groups is 1. The number of phosphoric ester groups is 1. The molecule has 0 radical (unpaired) electrons. The first kappa shape index (κ1) is 72.2. The van der Waals surface area contributed by atoms with E-state index in [1.165, 1.54) is 135 Å². The summed E-state index contributed by atoms with van der Waals surface area (Å²) in [4.78, 5) is 37.8. The van der Waals surface area contributed by atoms with E-state index >= 15 is 0 Å². The van der Waals surface area contributed by atoms with Crippen molar-refractivity contribution in [2.24, 2.45) is 0 Å². The summed E-state index contributed by atoms with van der Waals surface area (Å²) in [5, 5.41) is 0. The lowest BCUT2D eigenvalue weighted by Crippen LogP contribution is -2.37. The van der Waals surface area contributed by atoms with E-state index in [0.717, 1.165) is 96.3 Å². The lowest BCUT2D eigenvalue weighted by Gasteiger charge is -2.28. The van der Waals surface area contributed by atoms with Crippen LogP contribution in [0.4, 0.5) is 0 Å². The Morgan fingerprint density at radius 3 is 1.15 bits per heavy atom. The molecule has 0 amide bonds. The summed E-state index contributed by atoms with van der Waals surface area (Å²) in [6, 6.07) is 0. The fraction of sp³-hybridized carbons (Fsp3) is 0.754. The van der Waals surface area contributed by atoms with Crippen molar-refractivity contribution in [3.05, 3.63) is 85.1 Å². The van der Waals surface area contributed by atoms with Gasteiger partial charge in [0.25, 0.3) is 7.82 Å². The predicted octanol–water partition coefficient (Wildman–Crippen LogP) is 18.8. The van der Waals surface area contributed by atoms with Gasteiger partial charge in [0.05, 0.1) is 27.7 Å². The van der Waals surface area contributed by atoms with E-state index in [9.17, 15) is 19.0 Å². The van der Waals surface area contributed by atoms with Gasteiger partial charge in [0.1, 0.15) is 19.8 Å². The maximum atomic E-state index is 12.8. The van der Waals surface area contributed by atoms with Gasteiger partial charge in [0, 0.05) is 12.8 Å². The molecule has 2 unspecified atom stereocenters. The van der Waals surface area contributed by atoms with Crippen molar-refractivity contribution in [1.29, 1.82) is 0 Å². The molecule has 434 valence electrons. The second kappa shape index (κ2) is 55.9. The molecule has 0 saturated carbocycles. The molecular formula is C65H116NO8P. The SMILES string of the molecule is CC/C=C\C/C=C\C/C=C\C/C=C\C/C=C\C/C=C\CCCCCCCCCCCCCCCCCCCCC(=O)OC(COC(=O)CCCCCCC/C=C\CCCCCCC)COP(=O)([O-])OCC[N+](C)(C)C. The van der Waals surface area contributed by atoms with Gasteiger partial charge in [-0.15, -0.1) is 0 Å². The third kappa shape index (κ3) is 60.3. The number of quaternary nitrogens is 1. The monoisotopic (exact) mass is 1070 g/mol. The standard InChI is InChI=1S/C65H116NO8P/c1-6-8-10-12-14-16-18-20-22-23-24-25-26-27-28-29-30-31-32-33-34-35-36-37-38-39-40-41-42-43-44-46-48-50-52-54-56-58-65(68)74-63(62-73-75(69,70)72-60-59-66(3,4)5)61-71-64(67)57-55-53-51-49-47-45-21-19-17-15-13-11-9-7-2/h8,10,14,16,19-22,24-25,27-28,30-31,63H,6-7,9,11-13,15,17-18,23,26,29,32-62H2,1-5H3/b10-8-,16-14-,21-19-,22-20-,25-24-,28-27-,31-30-. The Kier molecular flexibility index (Phi) is 53.8. The fourth-order valence-corrected chi connectivity index (χ4v) is 9.15. The van der Waals surface area contributed by atoms with Crippen LogP contribution in [-0.2, 0) is 32.7 Å². The van der Waals surface area contributed by atoms with Crippen molar-refractivity contribution in [1.82, 2.24) is 0 Å². The van der Waals surface area contributed by atoms with Gasteiger partial charge in [0.15, 0.2) is 6.10 Å². The number of hydrogen-bond donors (Lipinski definition) is 0. The molecule has 0 fully saturated rings. The first-order valence-electron chi connectivity index (χ1n) is 30.8. The summed E-state index contributed by atoms with van der Waals surface area (Å²) in [7, 11) is 1.16. The summed E-state index contributed by atoms with van der Waals surface area (Å²) in [5.41, 5.74) is 0. The largest absolute Gasteiger partial charge is 0.756 e. The number of unbranched alkanes of at least 4 members (excludes halogenated alkanes) is 28. The first-order chi connectivity index (χ1) is 36.5. The second-order valence-electron chi connectivity index (χ2n) is 21.7. The van der Waals surface area contributed by atoms with E-state index in [4.69, 9.17) is 18.5 Å². The lowest BCUT2D eigenvalue weighted by molar-refractivity contribution is -0.870. The topological polar surface area (TPSA) is 111 Å². The average molecular weight is 1070 g/mol. The summed E-state index contributed by atoms with van der Waals surface area (Å²) in [5.74, 6) is -0.838. The Morgan fingerprint density at radius 1 is 0.427 bits per heavy atom. The van der Waals surface area contributed by atoms with Crippen LogP contribution in [0.3, 0.4) is 0 Å². The lowest BCUT2D eigenvalue weighted by atomic mass is 10.0. The van der Waals surface area contributed by atoms with Gasteiger partial charge in [-0.05, 0) is 89.9 Å². The highest BCUT2D eigenvalue weighted by atomic mass is 31.2. The van der Waals surface area contributed by atoms with Crippen molar-refractivity contribution in [2.45, 2.75) is 270 Å². The molecule has 0 aromatic rings. The molecule has 9 nitrogen and oxygen atoms in total. The number of nitrogens with zero attached hydrogens (tertiary/aromatic N) is 1. The molecule has 10 heteroatoms. The molecule has 0 heterocycles. The number of carbonyl (C=O) groups is 2. The van der Waals surface area contributed by atoms with Crippen LogP contribution in [0.2, 0.25) is 0 Å². The minimum absolute atomic E-state index is 0.0330. The highest BCUT2D eigenvalue weighted by Crippen LogP contribution is 2.38. The van der Waals surface area contributed by atoms with Crippen molar-refractivity contribution >= 4 is 19.8 Å². The zero-order valence-electron chi connectivity index (χ0n) is 49.2. The molecule has 0 N–H and O–H groups in total. The summed E-state index contributed by atoms with van der Waals surface area (Å²) < 4.78 is 34.1. The van der Waals surface area contributed by atoms with Crippen LogP contribution in [0.5, 0.6) is 0 Å². The van der Waals surface area contributed by atoms with Crippen molar-refractivity contribution in [2.75, 3.05) is 47.5 Å². The Bertz CT molecular complexity index is 1540. The highest BCUT2D eigenvalue weighted by Gasteiger charge is 2.22. The number of allylic oxidation sites excluding steroid dienone is 14. The third-order valence-corrected chi connectivity index (χ3v) is 14.1. The molecular weight excluding hydrogens is 954 g/mol. The van der Waals surface area contributed by atoms with E-state index in [1.54, 1.807) is 0 Å². The maximum absolute atomic E-state index is 12.8. The molecule has 0 spiro atoms. The minimum Gasteiger partial charge on any atom is -0.756 e. The molecule has 75 heavy (non-hydrogen) atoms. The molecule has 0 saturated heterocycles. The third-order valence-electron chi connectivity index (χ3n) is 13.1. The van der Waals surface area contributed by atoms with Gasteiger partial charge >= 0.3 is 11.9 Å². The number of carbonyl (C=O) groups excluding carboxylic acids is 2. The Morgan fingerprint density at radius 2 is 0.760 bits per heavy atom. The van der Waals surface area contributed by atoms with Gasteiger partial charge in [-0.2, -0.15) is 0 Å². The Labute approximate surface area is 462 Å². The van der Waals surface area contributed by atoms with E-state index in [1.807, 2.05) is 21.1 Å². The second-order valence-corrected chi connectivity index (χ2v) is 23.1. The Balaban J connectivity index is 3.99. The van der Waals surface area contributed by atoms with Crippen molar-refractivity contribution in [3.63, 3.8) is 0 Å². The van der Waals surface area contributed by atoms with Crippen LogP contribution in [0.15, 0.2) is 85.1 Å². The number of rotatable bonds is 56. The number of esters is 2. The van der Waals surface area contributed by atoms with E-state index in [0.29, 0.717) is 17.4 Å².